The number of halogens is 2. The summed E-state index contributed by atoms with van der Waals surface area (Å²) in [6.45, 7) is 3.81. The summed E-state index contributed by atoms with van der Waals surface area (Å²) in [5, 5.41) is 0. The highest BCUT2D eigenvalue weighted by molar-refractivity contribution is 9.12. The van der Waals surface area contributed by atoms with Crippen molar-refractivity contribution in [2.24, 2.45) is 5.92 Å². The smallest absolute Gasteiger partial charge is 0.0276 e. The molecule has 0 N–H and O–H groups in total. The van der Waals surface area contributed by atoms with Gasteiger partial charge in [0.15, 0.2) is 0 Å². The van der Waals surface area contributed by atoms with Crippen LogP contribution >= 0.6 is 31.9 Å². The van der Waals surface area contributed by atoms with Crippen LogP contribution in [-0.2, 0) is 0 Å². The second-order valence-corrected chi connectivity index (χ2v) is 5.19. The Morgan fingerprint density at radius 2 is 1.90 bits per heavy atom. The Hall–Kier alpha value is 0.700. The number of hydrogen-bond donors (Lipinski definition) is 0. The SMILES string of the molecule is C=CC1CCC(Br)C(Br)C1. The van der Waals surface area contributed by atoms with Gasteiger partial charge in [0.2, 0.25) is 0 Å². The molecular formula is C8H12Br2. The van der Waals surface area contributed by atoms with Gasteiger partial charge in [-0.25, -0.2) is 0 Å². The van der Waals surface area contributed by atoms with E-state index in [9.17, 15) is 0 Å². The highest BCUT2D eigenvalue weighted by Crippen LogP contribution is 2.33. The average molecular weight is 268 g/mol. The Kier molecular flexibility index (Phi) is 3.44. The van der Waals surface area contributed by atoms with E-state index in [1.165, 1.54) is 19.3 Å². The Bertz CT molecular complexity index is 122. The molecule has 0 bridgehead atoms. The third kappa shape index (κ3) is 2.09. The molecule has 0 saturated heterocycles. The summed E-state index contributed by atoms with van der Waals surface area (Å²) >= 11 is 7.27. The maximum Gasteiger partial charge on any atom is 0.0276 e. The van der Waals surface area contributed by atoms with Gasteiger partial charge >= 0.3 is 0 Å². The first-order valence-electron chi connectivity index (χ1n) is 3.64. The molecule has 0 spiro atoms. The third-order valence-corrected chi connectivity index (χ3v) is 4.88. The van der Waals surface area contributed by atoms with E-state index in [0.29, 0.717) is 9.65 Å². The predicted molar refractivity (Wildman–Crippen MR) is 53.0 cm³/mol. The van der Waals surface area contributed by atoms with E-state index < -0.39 is 0 Å². The highest BCUT2D eigenvalue weighted by atomic mass is 79.9. The van der Waals surface area contributed by atoms with Crippen LogP contribution in [0.2, 0.25) is 0 Å². The Balaban J connectivity index is 2.40. The van der Waals surface area contributed by atoms with Crippen molar-refractivity contribution >= 4 is 31.9 Å². The monoisotopic (exact) mass is 266 g/mol. The number of allylic oxidation sites excluding steroid dienone is 1. The van der Waals surface area contributed by atoms with Gasteiger partial charge in [-0.3, -0.25) is 0 Å². The van der Waals surface area contributed by atoms with E-state index in [1.54, 1.807) is 0 Å². The van der Waals surface area contributed by atoms with Crippen LogP contribution in [0.4, 0.5) is 0 Å². The summed E-state index contributed by atoms with van der Waals surface area (Å²) in [5.74, 6) is 0.734. The minimum Gasteiger partial charge on any atom is -0.103 e. The molecule has 0 aliphatic heterocycles. The van der Waals surface area contributed by atoms with Crippen molar-refractivity contribution in [3.05, 3.63) is 12.7 Å². The lowest BCUT2D eigenvalue weighted by atomic mass is 9.89. The van der Waals surface area contributed by atoms with Crippen molar-refractivity contribution in [2.75, 3.05) is 0 Å². The molecule has 0 radical (unpaired) electrons. The van der Waals surface area contributed by atoms with E-state index in [0.717, 1.165) is 5.92 Å². The number of hydrogen-bond acceptors (Lipinski definition) is 0. The lowest BCUT2D eigenvalue weighted by Gasteiger charge is -2.27. The number of rotatable bonds is 1. The average Bonchev–Trinajstić information content (AvgIpc) is 1.95. The predicted octanol–water partition coefficient (Wildman–Crippen LogP) is 3.50. The largest absolute Gasteiger partial charge is 0.103 e. The second kappa shape index (κ2) is 3.91. The summed E-state index contributed by atoms with van der Waals surface area (Å²) in [4.78, 5) is 1.31. The van der Waals surface area contributed by atoms with Crippen molar-refractivity contribution < 1.29 is 0 Å². The molecule has 1 fully saturated rings. The minimum atomic E-state index is 0.643. The molecule has 0 amide bonds. The molecule has 0 aromatic heterocycles. The van der Waals surface area contributed by atoms with Crippen LogP contribution < -0.4 is 0 Å². The zero-order valence-corrected chi connectivity index (χ0v) is 9.07. The van der Waals surface area contributed by atoms with Gasteiger partial charge in [-0.15, -0.1) is 6.58 Å². The first-order valence-corrected chi connectivity index (χ1v) is 5.48. The van der Waals surface area contributed by atoms with Gasteiger partial charge in [-0.1, -0.05) is 37.9 Å². The molecule has 0 heterocycles. The molecule has 1 saturated carbocycles. The summed E-state index contributed by atoms with van der Waals surface area (Å²) in [6.07, 6.45) is 5.88. The quantitative estimate of drug-likeness (QED) is 0.504. The van der Waals surface area contributed by atoms with Crippen LogP contribution in [-0.4, -0.2) is 9.65 Å². The summed E-state index contributed by atoms with van der Waals surface area (Å²) in [5.41, 5.74) is 0. The van der Waals surface area contributed by atoms with Crippen molar-refractivity contribution in [1.82, 2.24) is 0 Å². The van der Waals surface area contributed by atoms with E-state index in [-0.39, 0.29) is 0 Å². The molecule has 0 nitrogen and oxygen atoms in total. The first-order chi connectivity index (χ1) is 4.74. The standard InChI is InChI=1S/C8H12Br2/c1-2-6-3-4-7(9)8(10)5-6/h2,6-8H,1,3-5H2. The molecule has 0 aromatic rings. The van der Waals surface area contributed by atoms with Crippen LogP contribution in [0.1, 0.15) is 19.3 Å². The molecule has 1 aliphatic rings. The molecule has 58 valence electrons. The van der Waals surface area contributed by atoms with Crippen molar-refractivity contribution in [2.45, 2.75) is 28.9 Å². The number of alkyl halides is 2. The van der Waals surface area contributed by atoms with Gasteiger partial charge in [0.25, 0.3) is 0 Å². The molecule has 2 heteroatoms. The van der Waals surface area contributed by atoms with Crippen LogP contribution in [0, 0.1) is 5.92 Å². The van der Waals surface area contributed by atoms with Crippen molar-refractivity contribution in [3.8, 4) is 0 Å². The Morgan fingerprint density at radius 3 is 2.40 bits per heavy atom. The Labute approximate surface area is 79.3 Å². The molecule has 3 unspecified atom stereocenters. The van der Waals surface area contributed by atoms with E-state index in [4.69, 9.17) is 0 Å². The zero-order chi connectivity index (χ0) is 7.56. The van der Waals surface area contributed by atoms with Gasteiger partial charge in [-0.05, 0) is 25.2 Å². The van der Waals surface area contributed by atoms with Crippen LogP contribution in [0.5, 0.6) is 0 Å². The van der Waals surface area contributed by atoms with Crippen molar-refractivity contribution in [1.29, 1.82) is 0 Å². The molecule has 0 aromatic carbocycles. The van der Waals surface area contributed by atoms with E-state index in [1.807, 2.05) is 0 Å². The van der Waals surface area contributed by atoms with Gasteiger partial charge < -0.3 is 0 Å². The summed E-state index contributed by atoms with van der Waals surface area (Å²) in [7, 11) is 0. The fraction of sp³-hybridized carbons (Fsp3) is 0.750. The highest BCUT2D eigenvalue weighted by Gasteiger charge is 2.24. The van der Waals surface area contributed by atoms with Gasteiger partial charge in [0.1, 0.15) is 0 Å². The fourth-order valence-corrected chi connectivity index (χ4v) is 2.55. The normalized spacial score (nSPS) is 41.2. The maximum absolute atomic E-state index is 3.81. The fourth-order valence-electron chi connectivity index (χ4n) is 1.32. The van der Waals surface area contributed by atoms with Crippen LogP contribution in [0.25, 0.3) is 0 Å². The van der Waals surface area contributed by atoms with Crippen LogP contribution in [0.3, 0.4) is 0 Å². The van der Waals surface area contributed by atoms with Crippen molar-refractivity contribution in [3.63, 3.8) is 0 Å². The maximum atomic E-state index is 3.81. The van der Waals surface area contributed by atoms with E-state index in [2.05, 4.69) is 44.5 Å². The van der Waals surface area contributed by atoms with Gasteiger partial charge in [-0.2, -0.15) is 0 Å². The molecular weight excluding hydrogens is 256 g/mol. The molecule has 3 atom stereocenters. The topological polar surface area (TPSA) is 0 Å². The molecule has 1 rings (SSSR count). The Morgan fingerprint density at radius 1 is 1.20 bits per heavy atom. The minimum absolute atomic E-state index is 0.643. The lowest BCUT2D eigenvalue weighted by molar-refractivity contribution is 0.446. The summed E-state index contributed by atoms with van der Waals surface area (Å²) < 4.78 is 0. The lowest BCUT2D eigenvalue weighted by Crippen LogP contribution is -2.23. The van der Waals surface area contributed by atoms with E-state index >= 15 is 0 Å². The molecule has 1 aliphatic carbocycles. The van der Waals surface area contributed by atoms with Crippen LogP contribution in [0.15, 0.2) is 12.7 Å². The third-order valence-electron chi connectivity index (χ3n) is 2.07. The summed E-state index contributed by atoms with van der Waals surface area (Å²) in [6, 6.07) is 0. The molecule has 10 heavy (non-hydrogen) atoms. The zero-order valence-electron chi connectivity index (χ0n) is 5.89. The van der Waals surface area contributed by atoms with Gasteiger partial charge in [0.05, 0.1) is 0 Å². The van der Waals surface area contributed by atoms with Gasteiger partial charge in [0, 0.05) is 9.65 Å². The first kappa shape index (κ1) is 8.79. The second-order valence-electron chi connectivity index (χ2n) is 2.84.